The summed E-state index contributed by atoms with van der Waals surface area (Å²) >= 11 is 0. The molecule has 0 spiro atoms. The van der Waals surface area contributed by atoms with Crippen LogP contribution in [0.3, 0.4) is 0 Å². The number of hydrogen-bond acceptors (Lipinski definition) is 4. The van der Waals surface area contributed by atoms with Gasteiger partial charge in [-0.1, -0.05) is 32.0 Å². The Morgan fingerprint density at radius 1 is 1.24 bits per heavy atom. The van der Waals surface area contributed by atoms with Crippen LogP contribution in [0.15, 0.2) is 30.5 Å². The van der Waals surface area contributed by atoms with E-state index in [4.69, 9.17) is 10.5 Å². The van der Waals surface area contributed by atoms with E-state index in [-0.39, 0.29) is 12.3 Å². The summed E-state index contributed by atoms with van der Waals surface area (Å²) < 4.78 is 5.21. The van der Waals surface area contributed by atoms with Gasteiger partial charge in [0, 0.05) is 23.5 Å². The zero-order valence-corrected chi connectivity index (χ0v) is 14.4. The van der Waals surface area contributed by atoms with Crippen LogP contribution in [0.5, 0.6) is 0 Å². The summed E-state index contributed by atoms with van der Waals surface area (Å²) in [5.41, 5.74) is 7.12. The average molecular weight is 345 g/mol. The quantitative estimate of drug-likeness (QED) is 0.668. The second-order valence-electron chi connectivity index (χ2n) is 6.22. The average Bonchev–Trinajstić information content (AvgIpc) is 2.95. The number of fused-ring (bicyclic) bond motifs is 1. The summed E-state index contributed by atoms with van der Waals surface area (Å²) in [5, 5.41) is 3.08. The Morgan fingerprint density at radius 3 is 2.64 bits per heavy atom. The van der Waals surface area contributed by atoms with Crippen molar-refractivity contribution in [3.8, 4) is 0 Å². The number of rotatable bonds is 7. The third-order valence-electron chi connectivity index (χ3n) is 3.87. The van der Waals surface area contributed by atoms with Crippen molar-refractivity contribution in [1.29, 1.82) is 0 Å². The number of urea groups is 1. The Morgan fingerprint density at radius 2 is 1.96 bits per heavy atom. The highest BCUT2D eigenvalue weighted by Crippen LogP contribution is 2.19. The Hall–Kier alpha value is -2.83. The second kappa shape index (κ2) is 8.32. The number of amides is 3. The molecule has 0 fully saturated rings. The zero-order valence-electron chi connectivity index (χ0n) is 14.4. The predicted molar refractivity (Wildman–Crippen MR) is 93.7 cm³/mol. The first-order valence-electron chi connectivity index (χ1n) is 8.23. The maximum atomic E-state index is 12.0. The lowest BCUT2D eigenvalue weighted by Gasteiger charge is -2.19. The summed E-state index contributed by atoms with van der Waals surface area (Å²) in [6, 6.07) is 6.99. The normalized spacial score (nSPS) is 12.1. The molecule has 0 bridgehead atoms. The number of imide groups is 1. The van der Waals surface area contributed by atoms with Crippen molar-refractivity contribution >= 4 is 28.8 Å². The van der Waals surface area contributed by atoms with Gasteiger partial charge in [-0.2, -0.15) is 0 Å². The molecule has 0 unspecified atom stereocenters. The molecule has 2 rings (SSSR count). The number of benzene rings is 1. The molecule has 25 heavy (non-hydrogen) atoms. The molecule has 1 aromatic heterocycles. The first-order chi connectivity index (χ1) is 11.9. The van der Waals surface area contributed by atoms with E-state index in [9.17, 15) is 14.4 Å². The van der Waals surface area contributed by atoms with Gasteiger partial charge in [0.1, 0.15) is 0 Å². The lowest BCUT2D eigenvalue weighted by molar-refractivity contribution is -0.158. The van der Waals surface area contributed by atoms with Gasteiger partial charge in [0.15, 0.2) is 6.10 Å². The molecule has 1 atom stereocenters. The van der Waals surface area contributed by atoms with E-state index in [1.165, 1.54) is 0 Å². The minimum atomic E-state index is -1.03. The van der Waals surface area contributed by atoms with Gasteiger partial charge in [-0.3, -0.25) is 14.9 Å². The minimum absolute atomic E-state index is 0.187. The number of nitrogens with two attached hydrogens (primary N) is 1. The van der Waals surface area contributed by atoms with Crippen LogP contribution in [-0.4, -0.2) is 29.0 Å². The Kier molecular flexibility index (Phi) is 6.16. The molecule has 134 valence electrons. The maximum Gasteiger partial charge on any atom is 0.318 e. The third kappa shape index (κ3) is 5.07. The number of aromatic nitrogens is 1. The van der Waals surface area contributed by atoms with Crippen molar-refractivity contribution in [1.82, 2.24) is 10.3 Å². The van der Waals surface area contributed by atoms with Gasteiger partial charge in [0.05, 0.1) is 0 Å². The predicted octanol–water partition coefficient (Wildman–Crippen LogP) is 2.25. The SMILES string of the molecule is CC(C)[C@@H](OC(=O)CCCc1c[nH]c2ccccc12)C(=O)NC(N)=O. The largest absolute Gasteiger partial charge is 0.452 e. The second-order valence-corrected chi connectivity index (χ2v) is 6.22. The Bertz CT molecular complexity index is 767. The monoisotopic (exact) mass is 345 g/mol. The van der Waals surface area contributed by atoms with E-state index in [0.717, 1.165) is 22.9 Å². The first kappa shape index (κ1) is 18.5. The van der Waals surface area contributed by atoms with Crippen LogP contribution in [0.25, 0.3) is 10.9 Å². The molecule has 1 aromatic carbocycles. The summed E-state index contributed by atoms with van der Waals surface area (Å²) in [7, 11) is 0. The maximum absolute atomic E-state index is 12.0. The van der Waals surface area contributed by atoms with Crippen LogP contribution in [0, 0.1) is 5.92 Å². The van der Waals surface area contributed by atoms with Gasteiger partial charge >= 0.3 is 12.0 Å². The molecule has 0 aliphatic rings. The molecule has 1 heterocycles. The van der Waals surface area contributed by atoms with Crippen molar-refractivity contribution in [2.75, 3.05) is 0 Å². The number of H-pyrrole nitrogens is 1. The summed E-state index contributed by atoms with van der Waals surface area (Å²) in [5.74, 6) is -1.44. The van der Waals surface area contributed by atoms with Crippen LogP contribution in [0.1, 0.15) is 32.3 Å². The summed E-state index contributed by atoms with van der Waals surface area (Å²) in [6.45, 7) is 3.45. The number of carbonyl (C=O) groups excluding carboxylic acids is 3. The van der Waals surface area contributed by atoms with Crippen molar-refractivity contribution in [2.24, 2.45) is 11.7 Å². The number of ether oxygens (including phenoxy) is 1. The van der Waals surface area contributed by atoms with E-state index >= 15 is 0 Å². The number of aryl methyl sites for hydroxylation is 1. The van der Waals surface area contributed by atoms with Crippen LogP contribution in [0.2, 0.25) is 0 Å². The summed E-state index contributed by atoms with van der Waals surface area (Å²) in [6.07, 6.45) is 2.41. The lowest BCUT2D eigenvalue weighted by atomic mass is 10.1. The van der Waals surface area contributed by atoms with Crippen LogP contribution >= 0.6 is 0 Å². The number of primary amides is 1. The highest BCUT2D eigenvalue weighted by atomic mass is 16.5. The molecule has 0 saturated carbocycles. The van der Waals surface area contributed by atoms with Crippen molar-refractivity contribution in [3.63, 3.8) is 0 Å². The number of nitrogens with one attached hydrogen (secondary N) is 2. The van der Waals surface area contributed by atoms with Crippen molar-refractivity contribution in [2.45, 2.75) is 39.2 Å². The van der Waals surface area contributed by atoms with Crippen LogP contribution in [-0.2, 0) is 20.7 Å². The molecule has 2 aromatic rings. The van der Waals surface area contributed by atoms with E-state index in [1.54, 1.807) is 13.8 Å². The Balaban J connectivity index is 1.86. The van der Waals surface area contributed by atoms with Gasteiger partial charge in [-0.15, -0.1) is 0 Å². The number of hydrogen-bond donors (Lipinski definition) is 3. The van der Waals surface area contributed by atoms with Crippen molar-refractivity contribution in [3.05, 3.63) is 36.0 Å². The molecule has 3 amide bonds. The molecular weight excluding hydrogens is 322 g/mol. The molecule has 0 saturated heterocycles. The van der Waals surface area contributed by atoms with Gasteiger partial charge < -0.3 is 15.5 Å². The number of carbonyl (C=O) groups is 3. The molecule has 0 radical (unpaired) electrons. The Labute approximate surface area is 145 Å². The third-order valence-corrected chi connectivity index (χ3v) is 3.87. The fraction of sp³-hybridized carbons (Fsp3) is 0.389. The lowest BCUT2D eigenvalue weighted by Crippen LogP contribution is -2.45. The zero-order chi connectivity index (χ0) is 18.4. The van der Waals surface area contributed by atoms with Crippen LogP contribution in [0.4, 0.5) is 4.79 Å². The minimum Gasteiger partial charge on any atom is -0.452 e. The van der Waals surface area contributed by atoms with E-state index < -0.39 is 24.0 Å². The van der Waals surface area contributed by atoms with Crippen molar-refractivity contribution < 1.29 is 19.1 Å². The van der Waals surface area contributed by atoms with Crippen LogP contribution < -0.4 is 11.1 Å². The van der Waals surface area contributed by atoms with E-state index in [2.05, 4.69) is 4.98 Å². The standard InChI is InChI=1S/C18H23N3O4/c1-11(2)16(17(23)21-18(19)24)25-15(22)9-5-6-12-10-20-14-8-4-3-7-13(12)14/h3-4,7-8,10-11,16,20H,5-6,9H2,1-2H3,(H3,19,21,23,24)/t16-/m1/s1. The van der Waals surface area contributed by atoms with Gasteiger partial charge in [-0.25, -0.2) is 4.79 Å². The molecule has 7 heteroatoms. The fourth-order valence-electron chi connectivity index (χ4n) is 2.65. The smallest absolute Gasteiger partial charge is 0.318 e. The number of esters is 1. The van der Waals surface area contributed by atoms with Gasteiger partial charge in [0.25, 0.3) is 5.91 Å². The van der Waals surface area contributed by atoms with Gasteiger partial charge in [0.2, 0.25) is 0 Å². The number of aromatic amines is 1. The molecule has 0 aliphatic carbocycles. The highest BCUT2D eigenvalue weighted by molar-refractivity contribution is 5.96. The van der Waals surface area contributed by atoms with Gasteiger partial charge in [-0.05, 0) is 30.4 Å². The fourth-order valence-corrected chi connectivity index (χ4v) is 2.65. The molecule has 0 aliphatic heterocycles. The molecule has 4 N–H and O–H groups in total. The topological polar surface area (TPSA) is 114 Å². The summed E-state index contributed by atoms with van der Waals surface area (Å²) in [4.78, 5) is 37.8. The first-order valence-corrected chi connectivity index (χ1v) is 8.23. The number of para-hydroxylation sites is 1. The molecule has 7 nitrogen and oxygen atoms in total. The molecular formula is C18H23N3O4. The van der Waals surface area contributed by atoms with E-state index in [0.29, 0.717) is 6.42 Å². The highest BCUT2D eigenvalue weighted by Gasteiger charge is 2.27. The van der Waals surface area contributed by atoms with E-state index in [1.807, 2.05) is 35.8 Å².